The highest BCUT2D eigenvalue weighted by Crippen LogP contribution is 2.12. The average Bonchev–Trinajstić information content (AvgIpc) is 1.85. The molecule has 0 saturated carbocycles. The smallest absolute Gasteiger partial charge is 0.0638 e. The molecule has 1 unspecified atom stereocenters. The maximum atomic E-state index is 8.57. The Morgan fingerprint density at radius 1 is 1.08 bits per heavy atom. The van der Waals surface area contributed by atoms with Crippen LogP contribution in [0.3, 0.4) is 0 Å². The molecule has 12 heavy (non-hydrogen) atoms. The summed E-state index contributed by atoms with van der Waals surface area (Å²) in [5.74, 6) is 0. The fraction of sp³-hybridized carbons (Fsp3) is 0.900. The van der Waals surface area contributed by atoms with E-state index in [-0.39, 0.29) is 0 Å². The van der Waals surface area contributed by atoms with E-state index in [1.54, 1.807) is 0 Å². The molecular weight excluding hydrogens is 148 g/mol. The van der Waals surface area contributed by atoms with Gasteiger partial charge in [0.1, 0.15) is 0 Å². The van der Waals surface area contributed by atoms with Gasteiger partial charge in [0.25, 0.3) is 0 Å². The van der Waals surface area contributed by atoms with Gasteiger partial charge in [0.15, 0.2) is 0 Å². The lowest BCUT2D eigenvalue weighted by Crippen LogP contribution is -2.43. The maximum absolute atomic E-state index is 8.57. The molecule has 0 radical (unpaired) electrons. The molecule has 0 bridgehead atoms. The van der Waals surface area contributed by atoms with Crippen molar-refractivity contribution in [3.05, 3.63) is 0 Å². The lowest BCUT2D eigenvalue weighted by molar-refractivity contribution is 0.125. The van der Waals surface area contributed by atoms with Crippen molar-refractivity contribution < 1.29 is 0 Å². The van der Waals surface area contributed by atoms with E-state index in [1.807, 2.05) is 0 Å². The Hall–Kier alpha value is -0.550. The minimum absolute atomic E-state index is 0.370. The molecule has 0 aliphatic carbocycles. The fourth-order valence-corrected chi connectivity index (χ4v) is 1.85. The van der Waals surface area contributed by atoms with Crippen LogP contribution in [0.1, 0.15) is 41.0 Å². The van der Waals surface area contributed by atoms with Crippen LogP contribution in [0.25, 0.3) is 0 Å². The van der Waals surface area contributed by atoms with Crippen LogP contribution in [0.4, 0.5) is 0 Å². The van der Waals surface area contributed by atoms with E-state index >= 15 is 0 Å². The summed E-state index contributed by atoms with van der Waals surface area (Å²) < 4.78 is 0. The van der Waals surface area contributed by atoms with E-state index in [0.717, 1.165) is 0 Å². The molecule has 0 aromatic carbocycles. The van der Waals surface area contributed by atoms with Gasteiger partial charge < -0.3 is 0 Å². The number of nitrogens with zero attached hydrogens (tertiary/aromatic N) is 2. The summed E-state index contributed by atoms with van der Waals surface area (Å²) in [6, 6.07) is 3.63. The SMILES string of the molecule is CC(C)N(C(C)C)C(C)CC#N. The third-order valence-corrected chi connectivity index (χ3v) is 2.09. The van der Waals surface area contributed by atoms with Gasteiger partial charge in [0, 0.05) is 18.1 Å². The van der Waals surface area contributed by atoms with Crippen LogP contribution < -0.4 is 0 Å². The lowest BCUT2D eigenvalue weighted by atomic mass is 10.1. The van der Waals surface area contributed by atoms with Crippen molar-refractivity contribution in [2.75, 3.05) is 0 Å². The monoisotopic (exact) mass is 168 g/mol. The van der Waals surface area contributed by atoms with Crippen LogP contribution in [0.2, 0.25) is 0 Å². The predicted molar refractivity (Wildman–Crippen MR) is 51.8 cm³/mol. The van der Waals surface area contributed by atoms with E-state index in [1.165, 1.54) is 0 Å². The Labute approximate surface area is 76.2 Å². The van der Waals surface area contributed by atoms with Gasteiger partial charge in [-0.1, -0.05) is 0 Å². The van der Waals surface area contributed by atoms with Gasteiger partial charge in [-0.15, -0.1) is 0 Å². The Kier molecular flexibility index (Phi) is 4.92. The second-order valence-electron chi connectivity index (χ2n) is 3.85. The second kappa shape index (κ2) is 5.16. The van der Waals surface area contributed by atoms with Crippen LogP contribution in [0.5, 0.6) is 0 Å². The molecule has 0 amide bonds. The molecule has 70 valence electrons. The Balaban J connectivity index is 4.21. The van der Waals surface area contributed by atoms with Crippen molar-refractivity contribution in [1.82, 2.24) is 4.90 Å². The van der Waals surface area contributed by atoms with Gasteiger partial charge >= 0.3 is 0 Å². The second-order valence-corrected chi connectivity index (χ2v) is 3.85. The third-order valence-electron chi connectivity index (χ3n) is 2.09. The van der Waals surface area contributed by atoms with Gasteiger partial charge in [-0.25, -0.2) is 0 Å². The Bertz CT molecular complexity index is 148. The molecule has 2 heteroatoms. The lowest BCUT2D eigenvalue weighted by Gasteiger charge is -2.35. The number of hydrogen-bond acceptors (Lipinski definition) is 2. The Morgan fingerprint density at radius 3 is 1.75 bits per heavy atom. The van der Waals surface area contributed by atoms with E-state index in [2.05, 4.69) is 45.6 Å². The molecule has 0 aromatic rings. The summed E-state index contributed by atoms with van der Waals surface area (Å²) in [7, 11) is 0. The summed E-state index contributed by atoms with van der Waals surface area (Å²) >= 11 is 0. The molecule has 0 spiro atoms. The zero-order valence-corrected chi connectivity index (χ0v) is 8.83. The maximum Gasteiger partial charge on any atom is 0.0638 e. The average molecular weight is 168 g/mol. The summed E-state index contributed by atoms with van der Waals surface area (Å²) in [5.41, 5.74) is 0. The topological polar surface area (TPSA) is 27.0 Å². The van der Waals surface area contributed by atoms with Crippen molar-refractivity contribution in [2.24, 2.45) is 0 Å². The largest absolute Gasteiger partial charge is 0.295 e. The van der Waals surface area contributed by atoms with Crippen molar-refractivity contribution in [1.29, 1.82) is 5.26 Å². The van der Waals surface area contributed by atoms with E-state index in [9.17, 15) is 0 Å². The highest BCUT2D eigenvalue weighted by atomic mass is 15.2. The predicted octanol–water partition coefficient (Wildman–Crippen LogP) is 2.41. The van der Waals surface area contributed by atoms with E-state index < -0.39 is 0 Å². The van der Waals surface area contributed by atoms with Gasteiger partial charge in [0.05, 0.1) is 12.5 Å². The Morgan fingerprint density at radius 2 is 1.50 bits per heavy atom. The van der Waals surface area contributed by atoms with E-state index in [0.29, 0.717) is 24.5 Å². The van der Waals surface area contributed by atoms with Crippen molar-refractivity contribution in [2.45, 2.75) is 59.2 Å². The molecular formula is C10H20N2. The van der Waals surface area contributed by atoms with Gasteiger partial charge in [-0.3, -0.25) is 4.90 Å². The molecule has 1 atom stereocenters. The van der Waals surface area contributed by atoms with E-state index in [4.69, 9.17) is 5.26 Å². The summed E-state index contributed by atoms with van der Waals surface area (Å²) in [6.07, 6.45) is 0.621. The molecule has 0 N–H and O–H groups in total. The molecule has 0 saturated heterocycles. The molecule has 2 nitrogen and oxygen atoms in total. The van der Waals surface area contributed by atoms with Crippen LogP contribution in [0.15, 0.2) is 0 Å². The first-order chi connectivity index (χ1) is 5.50. The molecule has 0 heterocycles. The van der Waals surface area contributed by atoms with Crippen LogP contribution >= 0.6 is 0 Å². The molecule has 0 rings (SSSR count). The van der Waals surface area contributed by atoms with Gasteiger partial charge in [0.2, 0.25) is 0 Å². The number of nitriles is 1. The summed E-state index contributed by atoms with van der Waals surface area (Å²) in [6.45, 7) is 10.8. The highest BCUT2D eigenvalue weighted by Gasteiger charge is 2.19. The van der Waals surface area contributed by atoms with Crippen molar-refractivity contribution in [3.8, 4) is 6.07 Å². The summed E-state index contributed by atoms with van der Waals surface area (Å²) in [5, 5.41) is 8.57. The van der Waals surface area contributed by atoms with Crippen LogP contribution in [-0.4, -0.2) is 23.0 Å². The summed E-state index contributed by atoms with van der Waals surface area (Å²) in [4.78, 5) is 2.36. The van der Waals surface area contributed by atoms with Crippen LogP contribution in [0, 0.1) is 11.3 Å². The quantitative estimate of drug-likeness (QED) is 0.644. The van der Waals surface area contributed by atoms with Gasteiger partial charge in [-0.2, -0.15) is 5.26 Å². The first-order valence-electron chi connectivity index (χ1n) is 4.65. The zero-order valence-electron chi connectivity index (χ0n) is 8.83. The zero-order chi connectivity index (χ0) is 9.72. The van der Waals surface area contributed by atoms with Gasteiger partial charge in [-0.05, 0) is 34.6 Å². The first-order valence-corrected chi connectivity index (χ1v) is 4.65. The molecule has 0 aliphatic heterocycles. The normalized spacial score (nSPS) is 13.9. The number of rotatable bonds is 4. The van der Waals surface area contributed by atoms with Crippen LogP contribution in [-0.2, 0) is 0 Å². The van der Waals surface area contributed by atoms with Crippen molar-refractivity contribution in [3.63, 3.8) is 0 Å². The number of hydrogen-bond donors (Lipinski definition) is 0. The molecule has 0 aliphatic rings. The highest BCUT2D eigenvalue weighted by molar-refractivity contribution is 4.82. The third kappa shape index (κ3) is 3.23. The minimum Gasteiger partial charge on any atom is -0.295 e. The minimum atomic E-state index is 0.370. The fourth-order valence-electron chi connectivity index (χ4n) is 1.85. The standard InChI is InChI=1S/C10H20N2/c1-8(2)12(9(3)4)10(5)6-7-11/h8-10H,6H2,1-5H3. The molecule has 0 fully saturated rings. The molecule has 0 aromatic heterocycles. The first kappa shape index (κ1) is 11.4. The van der Waals surface area contributed by atoms with Crippen molar-refractivity contribution >= 4 is 0 Å².